The van der Waals surface area contributed by atoms with Crippen LogP contribution in [0.4, 0.5) is 0 Å². The number of hydrogen-bond acceptors (Lipinski definition) is 6. The third-order valence-electron chi connectivity index (χ3n) is 5.51. The molecule has 0 atom stereocenters. The second-order valence-electron chi connectivity index (χ2n) is 11.6. The first-order chi connectivity index (χ1) is 13.1. The van der Waals surface area contributed by atoms with Gasteiger partial charge in [-0.3, -0.25) is 4.79 Å². The number of carbonyl (C=O) groups excluding carboxylic acids is 1. The SMILES string of the molecule is C=C(CCC(=O)OC1CC(C)(C)NC(C)(C)C1)OOC1CC(C)(C)NC(C)(C)C1. The predicted octanol–water partition coefficient (Wildman–Crippen LogP) is 4.39. The molecule has 2 aliphatic rings. The van der Waals surface area contributed by atoms with E-state index in [-0.39, 0.29) is 46.8 Å². The molecular weight excluding hydrogens is 368 g/mol. The number of allylic oxidation sites excluding steroid dienone is 1. The van der Waals surface area contributed by atoms with Crippen molar-refractivity contribution in [3.05, 3.63) is 12.3 Å². The van der Waals surface area contributed by atoms with E-state index in [1.54, 1.807) is 0 Å². The summed E-state index contributed by atoms with van der Waals surface area (Å²) in [6.07, 6.45) is 3.89. The summed E-state index contributed by atoms with van der Waals surface area (Å²) in [4.78, 5) is 23.4. The minimum absolute atomic E-state index is 0.0100. The lowest BCUT2D eigenvalue weighted by Crippen LogP contribution is -2.59. The first-order valence-electron chi connectivity index (χ1n) is 10.9. The molecule has 0 aliphatic carbocycles. The average Bonchev–Trinajstić information content (AvgIpc) is 2.44. The largest absolute Gasteiger partial charge is 0.462 e. The lowest BCUT2D eigenvalue weighted by Gasteiger charge is -2.45. The van der Waals surface area contributed by atoms with E-state index in [2.05, 4.69) is 72.6 Å². The van der Waals surface area contributed by atoms with Crippen molar-refractivity contribution >= 4 is 5.97 Å². The standard InChI is InChI=1S/C23H42N2O4/c1-16(28-29-18-14-22(6,7)25-23(8,9)15-18)10-11-19(26)27-17-12-20(2,3)24-21(4,5)13-17/h17-18,24-25H,1,10-15H2,2-9H3. The van der Waals surface area contributed by atoms with Crippen molar-refractivity contribution in [3.8, 4) is 0 Å². The van der Waals surface area contributed by atoms with Gasteiger partial charge in [0.15, 0.2) is 0 Å². The quantitative estimate of drug-likeness (QED) is 0.281. The number of nitrogens with one attached hydrogen (secondary N) is 2. The molecule has 0 amide bonds. The molecule has 2 N–H and O–H groups in total. The van der Waals surface area contributed by atoms with E-state index >= 15 is 0 Å². The second-order valence-corrected chi connectivity index (χ2v) is 11.6. The zero-order valence-electron chi connectivity index (χ0n) is 19.7. The summed E-state index contributed by atoms with van der Waals surface area (Å²) in [5.41, 5.74) is -0.137. The van der Waals surface area contributed by atoms with Crippen LogP contribution in [0.2, 0.25) is 0 Å². The van der Waals surface area contributed by atoms with Gasteiger partial charge >= 0.3 is 5.97 Å². The van der Waals surface area contributed by atoms with Crippen molar-refractivity contribution in [2.75, 3.05) is 0 Å². The molecule has 2 saturated heterocycles. The highest BCUT2D eigenvalue weighted by Gasteiger charge is 2.40. The van der Waals surface area contributed by atoms with Crippen molar-refractivity contribution in [2.24, 2.45) is 0 Å². The molecule has 2 aliphatic heterocycles. The van der Waals surface area contributed by atoms with Gasteiger partial charge in [-0.15, -0.1) is 0 Å². The van der Waals surface area contributed by atoms with Crippen molar-refractivity contribution in [1.29, 1.82) is 0 Å². The molecule has 0 spiro atoms. The Bertz CT molecular complexity index is 578. The molecule has 6 heteroatoms. The highest BCUT2D eigenvalue weighted by Crippen LogP contribution is 2.32. The van der Waals surface area contributed by atoms with E-state index < -0.39 is 0 Å². The summed E-state index contributed by atoms with van der Waals surface area (Å²) in [5, 5.41) is 7.21. The van der Waals surface area contributed by atoms with Crippen LogP contribution in [0, 0.1) is 0 Å². The van der Waals surface area contributed by atoms with Crippen LogP contribution in [0.5, 0.6) is 0 Å². The van der Waals surface area contributed by atoms with Gasteiger partial charge in [-0.2, -0.15) is 4.89 Å². The van der Waals surface area contributed by atoms with Crippen LogP contribution < -0.4 is 10.6 Å². The zero-order chi connectivity index (χ0) is 22.1. The van der Waals surface area contributed by atoms with Gasteiger partial charge < -0.3 is 20.3 Å². The summed E-state index contributed by atoms with van der Waals surface area (Å²) in [7, 11) is 0. The monoisotopic (exact) mass is 410 g/mol. The molecule has 0 saturated carbocycles. The number of ether oxygens (including phenoxy) is 1. The van der Waals surface area contributed by atoms with Crippen molar-refractivity contribution in [2.45, 2.75) is 128 Å². The summed E-state index contributed by atoms with van der Waals surface area (Å²) < 4.78 is 5.74. The van der Waals surface area contributed by atoms with E-state index in [0.29, 0.717) is 12.2 Å². The number of esters is 1. The Morgan fingerprint density at radius 3 is 1.66 bits per heavy atom. The van der Waals surface area contributed by atoms with Gasteiger partial charge in [-0.05, 0) is 68.2 Å². The first-order valence-corrected chi connectivity index (χ1v) is 10.9. The summed E-state index contributed by atoms with van der Waals surface area (Å²) in [6.45, 7) is 21.1. The highest BCUT2D eigenvalue weighted by atomic mass is 17.2. The molecule has 6 nitrogen and oxygen atoms in total. The summed E-state index contributed by atoms with van der Waals surface area (Å²) in [6, 6.07) is 0. The third-order valence-corrected chi connectivity index (χ3v) is 5.51. The first kappa shape index (κ1) is 24.2. The molecule has 168 valence electrons. The van der Waals surface area contributed by atoms with Crippen molar-refractivity contribution in [3.63, 3.8) is 0 Å². The summed E-state index contributed by atoms with van der Waals surface area (Å²) >= 11 is 0. The molecule has 0 aromatic carbocycles. The Kier molecular flexibility index (Phi) is 7.13. The fourth-order valence-corrected chi connectivity index (χ4v) is 5.27. The van der Waals surface area contributed by atoms with Crippen LogP contribution in [0.15, 0.2) is 12.3 Å². The lowest BCUT2D eigenvalue weighted by atomic mass is 9.81. The van der Waals surface area contributed by atoms with Crippen LogP contribution in [-0.2, 0) is 19.3 Å². The molecule has 29 heavy (non-hydrogen) atoms. The number of piperidine rings is 2. The highest BCUT2D eigenvalue weighted by molar-refractivity contribution is 5.69. The Labute approximate surface area is 177 Å². The minimum atomic E-state index is -0.211. The lowest BCUT2D eigenvalue weighted by molar-refractivity contribution is -0.307. The maximum Gasteiger partial charge on any atom is 0.306 e. The molecule has 0 aromatic heterocycles. The van der Waals surface area contributed by atoms with Crippen LogP contribution in [0.1, 0.15) is 93.9 Å². The van der Waals surface area contributed by atoms with E-state index in [4.69, 9.17) is 14.5 Å². The van der Waals surface area contributed by atoms with Crippen LogP contribution in [-0.4, -0.2) is 40.3 Å². The van der Waals surface area contributed by atoms with Gasteiger partial charge in [0, 0.05) is 41.4 Å². The smallest absolute Gasteiger partial charge is 0.306 e. The van der Waals surface area contributed by atoms with Gasteiger partial charge in [0.1, 0.15) is 18.0 Å². The van der Waals surface area contributed by atoms with Gasteiger partial charge in [0.05, 0.1) is 6.42 Å². The molecule has 2 fully saturated rings. The van der Waals surface area contributed by atoms with E-state index in [0.717, 1.165) is 25.7 Å². The zero-order valence-corrected chi connectivity index (χ0v) is 19.7. The van der Waals surface area contributed by atoms with Crippen molar-refractivity contribution in [1.82, 2.24) is 10.6 Å². The fourth-order valence-electron chi connectivity index (χ4n) is 5.27. The topological polar surface area (TPSA) is 68.8 Å². The Hall–Kier alpha value is -1.11. The maximum atomic E-state index is 12.3. The van der Waals surface area contributed by atoms with Crippen molar-refractivity contribution < 1.29 is 19.3 Å². The maximum absolute atomic E-state index is 12.3. The predicted molar refractivity (Wildman–Crippen MR) is 115 cm³/mol. The fraction of sp³-hybridized carbons (Fsp3) is 0.870. The molecule has 2 heterocycles. The van der Waals surface area contributed by atoms with Gasteiger partial charge in [0.25, 0.3) is 0 Å². The third kappa shape index (κ3) is 8.27. The van der Waals surface area contributed by atoms with E-state index in [1.165, 1.54) is 0 Å². The van der Waals surface area contributed by atoms with Crippen LogP contribution in [0.25, 0.3) is 0 Å². The van der Waals surface area contributed by atoms with E-state index in [9.17, 15) is 4.79 Å². The number of carbonyl (C=O) groups is 1. The number of hydrogen-bond donors (Lipinski definition) is 2. The van der Waals surface area contributed by atoms with Gasteiger partial charge in [0.2, 0.25) is 0 Å². The average molecular weight is 411 g/mol. The Morgan fingerprint density at radius 2 is 1.21 bits per heavy atom. The Balaban J connectivity index is 1.73. The molecule has 0 unspecified atom stereocenters. The minimum Gasteiger partial charge on any atom is -0.462 e. The van der Waals surface area contributed by atoms with E-state index in [1.807, 2.05) is 0 Å². The molecule has 2 rings (SSSR count). The van der Waals surface area contributed by atoms with Gasteiger partial charge in [-0.1, -0.05) is 6.58 Å². The second kappa shape index (κ2) is 8.56. The van der Waals surface area contributed by atoms with Gasteiger partial charge in [-0.25, -0.2) is 0 Å². The molecule has 0 radical (unpaired) electrons. The van der Waals surface area contributed by atoms with Crippen LogP contribution in [0.3, 0.4) is 0 Å². The molecule has 0 aromatic rings. The normalized spacial score (nSPS) is 25.9. The number of rotatable bonds is 7. The molecule has 0 bridgehead atoms. The Morgan fingerprint density at radius 1 is 0.793 bits per heavy atom. The molecular formula is C23H42N2O4. The summed E-state index contributed by atoms with van der Waals surface area (Å²) in [5.74, 6) is 0.249. The van der Waals surface area contributed by atoms with Crippen LogP contribution >= 0.6 is 0 Å².